The molecule has 0 aliphatic heterocycles. The second kappa shape index (κ2) is 12.6. The van der Waals surface area contributed by atoms with Crippen molar-refractivity contribution in [2.75, 3.05) is 0 Å². The van der Waals surface area contributed by atoms with E-state index < -0.39 is 7.05 Å². The Morgan fingerprint density at radius 1 is 0.688 bits per heavy atom. The van der Waals surface area contributed by atoms with Crippen molar-refractivity contribution >= 4 is 23.0 Å². The first-order valence-corrected chi connectivity index (χ1v) is 12.2. The molecule has 1 aliphatic rings. The Morgan fingerprint density at radius 2 is 1.06 bits per heavy atom. The summed E-state index contributed by atoms with van der Waals surface area (Å²) in [7, 11) is -2.09. The molecule has 0 N–H and O–H groups in total. The first-order chi connectivity index (χ1) is 15.0. The van der Waals surface area contributed by atoms with Crippen LogP contribution in [0, 0.1) is 0 Å². The van der Waals surface area contributed by atoms with E-state index in [2.05, 4.69) is 122 Å². The SMILES string of the molecule is C1=CCC(N=P(c2ccccc2)(c2ccccc2)c2ccccc2)=C1.C=C(C)C(=C)C.[Ti]. The van der Waals surface area contributed by atoms with E-state index in [1.807, 2.05) is 13.8 Å². The van der Waals surface area contributed by atoms with Gasteiger partial charge < -0.3 is 0 Å². The molecule has 0 radical (unpaired) electrons. The molecule has 0 unspecified atom stereocenters. The number of allylic oxidation sites excluding steroid dienone is 5. The van der Waals surface area contributed by atoms with Gasteiger partial charge >= 0.3 is 0 Å². The molecule has 160 valence electrons. The van der Waals surface area contributed by atoms with Crippen molar-refractivity contribution in [1.29, 1.82) is 0 Å². The minimum Gasteiger partial charge on any atom is -0.258 e. The van der Waals surface area contributed by atoms with Gasteiger partial charge in [0.25, 0.3) is 0 Å². The van der Waals surface area contributed by atoms with Crippen molar-refractivity contribution in [2.24, 2.45) is 4.74 Å². The van der Waals surface area contributed by atoms with Gasteiger partial charge in [-0.1, -0.05) is 127 Å². The fraction of sp³-hybridized carbons (Fsp3) is 0.103. The van der Waals surface area contributed by atoms with E-state index in [4.69, 9.17) is 4.74 Å². The summed E-state index contributed by atoms with van der Waals surface area (Å²) in [4.78, 5) is 0. The zero-order valence-corrected chi connectivity index (χ0v) is 21.4. The van der Waals surface area contributed by atoms with Crippen LogP contribution in [-0.2, 0) is 21.7 Å². The predicted octanol–water partition coefficient (Wildman–Crippen LogP) is 7.14. The van der Waals surface area contributed by atoms with Crippen LogP contribution in [0.25, 0.3) is 0 Å². The Hall–Kier alpha value is -2.44. The van der Waals surface area contributed by atoms with Crippen LogP contribution >= 0.6 is 7.05 Å². The van der Waals surface area contributed by atoms with E-state index in [-0.39, 0.29) is 21.7 Å². The third-order valence-electron chi connectivity index (χ3n) is 5.15. The zero-order chi connectivity index (χ0) is 22.1. The number of hydrogen-bond acceptors (Lipinski definition) is 1. The summed E-state index contributed by atoms with van der Waals surface area (Å²) in [6.07, 6.45) is 7.33. The molecule has 0 aromatic heterocycles. The number of nitrogens with zero attached hydrogens (tertiary/aromatic N) is 1. The summed E-state index contributed by atoms with van der Waals surface area (Å²) in [5.74, 6) is 0. The Labute approximate surface area is 208 Å². The molecule has 1 aliphatic carbocycles. The largest absolute Gasteiger partial charge is 0.258 e. The molecular formula is C29H30NPTi. The Kier molecular flexibility index (Phi) is 10.1. The molecule has 4 rings (SSSR count). The number of benzene rings is 3. The molecule has 0 amide bonds. The van der Waals surface area contributed by atoms with Crippen LogP contribution in [0.5, 0.6) is 0 Å². The average Bonchev–Trinajstić information content (AvgIpc) is 3.33. The Bertz CT molecular complexity index is 1030. The van der Waals surface area contributed by atoms with Crippen LogP contribution in [0.15, 0.2) is 144 Å². The van der Waals surface area contributed by atoms with Crippen molar-refractivity contribution in [3.8, 4) is 0 Å². The summed E-state index contributed by atoms with van der Waals surface area (Å²) >= 11 is 0. The van der Waals surface area contributed by atoms with Gasteiger partial charge in [-0.25, -0.2) is 0 Å². The first kappa shape index (κ1) is 25.8. The van der Waals surface area contributed by atoms with E-state index in [0.29, 0.717) is 0 Å². The fourth-order valence-corrected chi connectivity index (χ4v) is 6.84. The van der Waals surface area contributed by atoms with E-state index >= 15 is 0 Å². The molecule has 3 aromatic carbocycles. The number of rotatable bonds is 5. The molecule has 3 heteroatoms. The zero-order valence-electron chi connectivity index (χ0n) is 18.9. The molecule has 0 saturated carbocycles. The van der Waals surface area contributed by atoms with Crippen LogP contribution in [-0.4, -0.2) is 0 Å². The van der Waals surface area contributed by atoms with Gasteiger partial charge in [-0.05, 0) is 19.9 Å². The molecule has 32 heavy (non-hydrogen) atoms. The quantitative estimate of drug-likeness (QED) is 0.213. The van der Waals surface area contributed by atoms with E-state index in [9.17, 15) is 0 Å². The van der Waals surface area contributed by atoms with Gasteiger partial charge in [0.05, 0.1) is 7.05 Å². The van der Waals surface area contributed by atoms with Crippen LogP contribution in [0.3, 0.4) is 0 Å². The van der Waals surface area contributed by atoms with Crippen molar-refractivity contribution in [3.05, 3.63) is 139 Å². The summed E-state index contributed by atoms with van der Waals surface area (Å²) in [5.41, 5.74) is 3.29. The second-order valence-electron chi connectivity index (χ2n) is 7.59. The van der Waals surface area contributed by atoms with Crippen LogP contribution in [0.4, 0.5) is 0 Å². The average molecular weight is 471 g/mol. The van der Waals surface area contributed by atoms with Gasteiger partial charge in [-0.3, -0.25) is 4.74 Å². The second-order valence-corrected chi connectivity index (χ2v) is 10.6. The van der Waals surface area contributed by atoms with Crippen molar-refractivity contribution in [1.82, 2.24) is 0 Å². The molecule has 0 heterocycles. The van der Waals surface area contributed by atoms with Gasteiger partial charge in [0.1, 0.15) is 0 Å². The van der Waals surface area contributed by atoms with Crippen molar-refractivity contribution < 1.29 is 21.7 Å². The summed E-state index contributed by atoms with van der Waals surface area (Å²) < 4.78 is 5.43. The van der Waals surface area contributed by atoms with Crippen LogP contribution in [0.2, 0.25) is 0 Å². The minimum absolute atomic E-state index is 0. The van der Waals surface area contributed by atoms with Gasteiger partial charge in [0, 0.05) is 49.7 Å². The molecule has 0 atom stereocenters. The van der Waals surface area contributed by atoms with Gasteiger partial charge in [0.15, 0.2) is 0 Å². The fourth-order valence-electron chi connectivity index (χ4n) is 3.25. The Morgan fingerprint density at radius 3 is 1.34 bits per heavy atom. The molecule has 0 fully saturated rings. The van der Waals surface area contributed by atoms with E-state index in [1.54, 1.807) is 0 Å². The predicted molar refractivity (Wildman–Crippen MR) is 139 cm³/mol. The maximum Gasteiger partial charge on any atom is 0.0608 e. The Balaban J connectivity index is 0.000000461. The third-order valence-corrected chi connectivity index (χ3v) is 8.84. The van der Waals surface area contributed by atoms with Crippen molar-refractivity contribution in [2.45, 2.75) is 20.3 Å². The topological polar surface area (TPSA) is 12.4 Å². The van der Waals surface area contributed by atoms with Crippen molar-refractivity contribution in [3.63, 3.8) is 0 Å². The van der Waals surface area contributed by atoms with Gasteiger partial charge in [-0.15, -0.1) is 0 Å². The molecule has 3 aromatic rings. The monoisotopic (exact) mass is 471 g/mol. The van der Waals surface area contributed by atoms with Crippen LogP contribution < -0.4 is 15.9 Å². The summed E-state index contributed by atoms with van der Waals surface area (Å²) in [5, 5.41) is 3.88. The normalized spacial score (nSPS) is 12.0. The van der Waals surface area contributed by atoms with Gasteiger partial charge in [0.2, 0.25) is 0 Å². The molecule has 0 saturated heterocycles. The van der Waals surface area contributed by atoms with E-state index in [1.165, 1.54) is 15.9 Å². The summed E-state index contributed by atoms with van der Waals surface area (Å²) in [6.45, 7) is 11.2. The molecule has 0 bridgehead atoms. The smallest absolute Gasteiger partial charge is 0.0608 e. The minimum atomic E-state index is -2.09. The molecular weight excluding hydrogens is 441 g/mol. The molecule has 0 spiro atoms. The third kappa shape index (κ3) is 6.30. The van der Waals surface area contributed by atoms with Crippen LogP contribution in [0.1, 0.15) is 20.3 Å². The maximum atomic E-state index is 5.43. The summed E-state index contributed by atoms with van der Waals surface area (Å²) in [6, 6.07) is 32.3. The first-order valence-electron chi connectivity index (χ1n) is 10.5. The van der Waals surface area contributed by atoms with Gasteiger partial charge in [-0.2, -0.15) is 0 Å². The standard InChI is InChI=1S/C23H20NP.C6H10.Ti/c1-4-14-21(15-5-1)25(22-16-6-2-7-17-22,23-18-8-3-9-19-23)24-20-12-10-11-13-20;1-5(2)6(3)4;/h1-12,14-19H,13H2;1,3H2,2,4H3;. The number of hydrogen-bond donors (Lipinski definition) is 0. The van der Waals surface area contributed by atoms with E-state index in [0.717, 1.165) is 23.3 Å². The molecule has 1 nitrogen and oxygen atoms in total. The maximum absolute atomic E-state index is 5.43.